The van der Waals surface area contributed by atoms with Gasteiger partial charge < -0.3 is 14.0 Å². The van der Waals surface area contributed by atoms with Crippen molar-refractivity contribution in [3.05, 3.63) is 71.8 Å². The molecule has 0 amide bonds. The number of nitrogens with zero attached hydrogens (tertiary/aromatic N) is 7. The molecule has 1 fully saturated rings. The lowest BCUT2D eigenvalue weighted by Crippen LogP contribution is -2.06. The van der Waals surface area contributed by atoms with Crippen LogP contribution in [0.25, 0.3) is 33.8 Å². The summed E-state index contributed by atoms with van der Waals surface area (Å²) in [6, 6.07) is 7.60. The number of benzene rings is 1. The molecule has 0 spiro atoms. The van der Waals surface area contributed by atoms with Crippen molar-refractivity contribution >= 4 is 11.0 Å². The van der Waals surface area contributed by atoms with Gasteiger partial charge >= 0.3 is 6.18 Å². The summed E-state index contributed by atoms with van der Waals surface area (Å²) in [6.45, 7) is -0.0794. The Hall–Kier alpha value is -4.68. The number of aromatic nitrogens is 7. The summed E-state index contributed by atoms with van der Waals surface area (Å²) in [5, 5.41) is 0.542. The van der Waals surface area contributed by atoms with Crippen LogP contribution in [-0.2, 0) is 19.8 Å². The fourth-order valence-corrected chi connectivity index (χ4v) is 4.40. The molecule has 1 saturated carbocycles. The summed E-state index contributed by atoms with van der Waals surface area (Å²) in [4.78, 5) is 25.9. The molecule has 4 heterocycles. The van der Waals surface area contributed by atoms with Crippen LogP contribution in [0.4, 0.5) is 17.6 Å². The molecule has 4 aromatic heterocycles. The third-order valence-electron chi connectivity index (χ3n) is 6.48. The molecular weight excluding hydrogens is 530 g/mol. The zero-order valence-electron chi connectivity index (χ0n) is 21.3. The van der Waals surface area contributed by atoms with Gasteiger partial charge in [-0.05, 0) is 42.7 Å². The Morgan fingerprint density at radius 1 is 1.02 bits per heavy atom. The maximum atomic E-state index is 15.0. The first-order valence-corrected chi connectivity index (χ1v) is 12.3. The van der Waals surface area contributed by atoms with Gasteiger partial charge in [0.15, 0.2) is 17.2 Å². The van der Waals surface area contributed by atoms with Crippen LogP contribution in [0.1, 0.15) is 35.7 Å². The number of pyridine rings is 1. The minimum atomic E-state index is -4.64. The zero-order chi connectivity index (χ0) is 28.0. The van der Waals surface area contributed by atoms with Crippen molar-refractivity contribution in [1.82, 2.24) is 34.5 Å². The molecule has 0 atom stereocenters. The summed E-state index contributed by atoms with van der Waals surface area (Å²) in [7, 11) is 2.88. The van der Waals surface area contributed by atoms with E-state index in [-0.39, 0.29) is 35.6 Å². The van der Waals surface area contributed by atoms with Gasteiger partial charge in [-0.1, -0.05) is 6.07 Å². The predicted molar refractivity (Wildman–Crippen MR) is 135 cm³/mol. The van der Waals surface area contributed by atoms with Crippen molar-refractivity contribution in [2.24, 2.45) is 7.05 Å². The minimum Gasteiger partial charge on any atom is -0.480 e. The van der Waals surface area contributed by atoms with Crippen LogP contribution in [0.2, 0.25) is 0 Å². The molecule has 0 bridgehead atoms. The van der Waals surface area contributed by atoms with Gasteiger partial charge in [0.05, 0.1) is 23.8 Å². The molecule has 1 aromatic carbocycles. The number of imidazole rings is 1. The number of fused-ring (bicyclic) bond motifs is 1. The molecular formula is C27H21F4N7O2. The van der Waals surface area contributed by atoms with Crippen LogP contribution in [0, 0.1) is 5.82 Å². The average molecular weight is 552 g/mol. The standard InChI is InChI=1S/C27H21F4N7O2/c1-38-11-19(27(29,30)31)35-24(38)16-8-5-14(10-18(16)28)12-40-25-17-4-3-9-32-22(17)36-23(37-25)20-21(15-6-7-15)33-13-34-26(20)39-2/h3-5,8-11,13,15H,6-7,12H2,1-2H3. The van der Waals surface area contributed by atoms with Crippen LogP contribution in [-0.4, -0.2) is 41.6 Å². The van der Waals surface area contributed by atoms with Gasteiger partial charge in [-0.2, -0.15) is 18.2 Å². The molecule has 0 unspecified atom stereocenters. The number of hydrogen-bond donors (Lipinski definition) is 0. The fourth-order valence-electron chi connectivity index (χ4n) is 4.40. The summed E-state index contributed by atoms with van der Waals surface area (Å²) in [5.41, 5.74) is 1.00. The predicted octanol–water partition coefficient (Wildman–Crippen LogP) is 5.51. The van der Waals surface area contributed by atoms with E-state index in [0.717, 1.165) is 29.3 Å². The molecule has 204 valence electrons. The first-order chi connectivity index (χ1) is 19.2. The Bertz CT molecular complexity index is 1730. The van der Waals surface area contributed by atoms with Gasteiger partial charge in [-0.15, -0.1) is 0 Å². The lowest BCUT2D eigenvalue weighted by molar-refractivity contribution is -0.140. The Balaban J connectivity index is 1.33. The second-order valence-electron chi connectivity index (χ2n) is 9.31. The monoisotopic (exact) mass is 551 g/mol. The van der Waals surface area contributed by atoms with Crippen LogP contribution < -0.4 is 9.47 Å². The van der Waals surface area contributed by atoms with Crippen LogP contribution in [0.15, 0.2) is 49.1 Å². The second-order valence-corrected chi connectivity index (χ2v) is 9.31. The number of methoxy groups -OCH3 is 1. The van der Waals surface area contributed by atoms with E-state index in [1.54, 1.807) is 24.4 Å². The SMILES string of the molecule is COc1ncnc(C2CC2)c1-c1nc(OCc2ccc(-c3nc(C(F)(F)F)cn3C)c(F)c2)c2cccnc2n1. The van der Waals surface area contributed by atoms with Crippen molar-refractivity contribution in [2.75, 3.05) is 7.11 Å². The van der Waals surface area contributed by atoms with Gasteiger partial charge in [0.1, 0.15) is 30.1 Å². The number of ether oxygens (including phenoxy) is 2. The van der Waals surface area contributed by atoms with Crippen molar-refractivity contribution in [2.45, 2.75) is 31.5 Å². The second kappa shape index (κ2) is 9.81. The molecule has 1 aliphatic rings. The fraction of sp³-hybridized carbons (Fsp3) is 0.259. The average Bonchev–Trinajstić information content (AvgIpc) is 3.71. The summed E-state index contributed by atoms with van der Waals surface area (Å²) < 4.78 is 66.9. The lowest BCUT2D eigenvalue weighted by Gasteiger charge is -2.13. The van der Waals surface area contributed by atoms with Crippen LogP contribution in [0.5, 0.6) is 11.8 Å². The van der Waals surface area contributed by atoms with E-state index < -0.39 is 17.7 Å². The zero-order valence-corrected chi connectivity index (χ0v) is 21.3. The van der Waals surface area contributed by atoms with E-state index in [1.165, 1.54) is 32.6 Å². The Morgan fingerprint density at radius 3 is 2.55 bits per heavy atom. The maximum Gasteiger partial charge on any atom is 0.434 e. The summed E-state index contributed by atoms with van der Waals surface area (Å²) >= 11 is 0. The third kappa shape index (κ3) is 4.78. The maximum absolute atomic E-state index is 15.0. The Morgan fingerprint density at radius 2 is 1.85 bits per heavy atom. The van der Waals surface area contributed by atoms with Crippen LogP contribution in [0.3, 0.4) is 0 Å². The molecule has 13 heteroatoms. The van der Waals surface area contributed by atoms with E-state index in [1.807, 2.05) is 0 Å². The summed E-state index contributed by atoms with van der Waals surface area (Å²) in [6.07, 6.45) is 1.20. The van der Waals surface area contributed by atoms with E-state index >= 15 is 4.39 Å². The number of hydrogen-bond acceptors (Lipinski definition) is 8. The normalized spacial score (nSPS) is 13.6. The number of alkyl halides is 3. The third-order valence-corrected chi connectivity index (χ3v) is 6.48. The Kier molecular flexibility index (Phi) is 6.28. The highest BCUT2D eigenvalue weighted by Gasteiger charge is 2.35. The van der Waals surface area contributed by atoms with Crippen molar-refractivity contribution in [3.63, 3.8) is 0 Å². The highest BCUT2D eigenvalue weighted by atomic mass is 19.4. The van der Waals surface area contributed by atoms with Gasteiger partial charge in [-0.3, -0.25) is 0 Å². The highest BCUT2D eigenvalue weighted by Crippen LogP contribution is 2.45. The van der Waals surface area contributed by atoms with Gasteiger partial charge in [0.25, 0.3) is 0 Å². The molecule has 1 aliphatic carbocycles. The molecule has 5 aromatic rings. The van der Waals surface area contributed by atoms with E-state index in [0.29, 0.717) is 28.0 Å². The smallest absolute Gasteiger partial charge is 0.434 e. The van der Waals surface area contributed by atoms with Gasteiger partial charge in [-0.25, -0.2) is 29.3 Å². The largest absolute Gasteiger partial charge is 0.480 e. The molecule has 9 nitrogen and oxygen atoms in total. The molecule has 0 aliphatic heterocycles. The summed E-state index contributed by atoms with van der Waals surface area (Å²) in [5.74, 6) is 0.214. The van der Waals surface area contributed by atoms with Crippen molar-refractivity contribution < 1.29 is 27.0 Å². The lowest BCUT2D eigenvalue weighted by atomic mass is 10.1. The molecule has 6 rings (SSSR count). The van der Waals surface area contributed by atoms with E-state index in [2.05, 4.69) is 29.9 Å². The van der Waals surface area contributed by atoms with E-state index in [4.69, 9.17) is 9.47 Å². The van der Waals surface area contributed by atoms with E-state index in [9.17, 15) is 13.2 Å². The molecule has 0 N–H and O–H groups in total. The number of rotatable bonds is 7. The molecule has 40 heavy (non-hydrogen) atoms. The first kappa shape index (κ1) is 25.6. The van der Waals surface area contributed by atoms with Crippen LogP contribution >= 0.6 is 0 Å². The first-order valence-electron chi connectivity index (χ1n) is 12.3. The minimum absolute atomic E-state index is 0.0653. The number of aryl methyl sites for hydroxylation is 1. The molecule has 0 saturated heterocycles. The Labute approximate surface area is 224 Å². The van der Waals surface area contributed by atoms with Crippen molar-refractivity contribution in [1.29, 1.82) is 0 Å². The quantitative estimate of drug-likeness (QED) is 0.244. The van der Waals surface area contributed by atoms with Gasteiger partial charge in [0, 0.05) is 25.4 Å². The topological polar surface area (TPSA) is 101 Å². The van der Waals surface area contributed by atoms with Crippen molar-refractivity contribution in [3.8, 4) is 34.5 Å². The highest BCUT2D eigenvalue weighted by molar-refractivity contribution is 5.83. The number of halogens is 4. The van der Waals surface area contributed by atoms with Gasteiger partial charge in [0.2, 0.25) is 11.8 Å². The molecule has 0 radical (unpaired) electrons.